The summed E-state index contributed by atoms with van der Waals surface area (Å²) in [6.45, 7) is 3.65. The number of hydrogen-bond acceptors (Lipinski definition) is 7. The molecule has 0 unspecified atom stereocenters. The molecule has 0 aliphatic heterocycles. The van der Waals surface area contributed by atoms with Crippen molar-refractivity contribution in [2.45, 2.75) is 6.92 Å². The Balaban J connectivity index is 1.93. The van der Waals surface area contributed by atoms with Crippen LogP contribution in [0.1, 0.15) is 11.1 Å². The van der Waals surface area contributed by atoms with Gasteiger partial charge < -0.3 is 18.9 Å². The molecular weight excluding hydrogens is 454 g/mol. The molecule has 0 amide bonds. The van der Waals surface area contributed by atoms with Crippen molar-refractivity contribution in [3.05, 3.63) is 78.1 Å². The minimum absolute atomic E-state index is 0.374. The zero-order valence-electron chi connectivity index (χ0n) is 20.7. The van der Waals surface area contributed by atoms with Gasteiger partial charge in [-0.15, -0.1) is 6.42 Å². The van der Waals surface area contributed by atoms with Gasteiger partial charge in [0.2, 0.25) is 0 Å². The third kappa shape index (κ3) is 5.41. The lowest BCUT2D eigenvalue weighted by molar-refractivity contribution is 0.132. The third-order valence-electron chi connectivity index (χ3n) is 5.64. The number of fused-ring (bicyclic) bond motifs is 1. The van der Waals surface area contributed by atoms with E-state index >= 15 is 0 Å². The summed E-state index contributed by atoms with van der Waals surface area (Å²) in [5.74, 6) is 4.65. The fourth-order valence-corrected chi connectivity index (χ4v) is 3.97. The lowest BCUT2D eigenvalue weighted by Crippen LogP contribution is -2.14. The molecule has 7 heteroatoms. The zero-order chi connectivity index (χ0) is 25.3. The van der Waals surface area contributed by atoms with Gasteiger partial charge >= 0.3 is 0 Å². The van der Waals surface area contributed by atoms with Crippen molar-refractivity contribution in [2.75, 3.05) is 45.5 Å². The molecule has 0 saturated heterocycles. The third-order valence-corrected chi connectivity index (χ3v) is 5.64. The van der Waals surface area contributed by atoms with Crippen LogP contribution in [0.2, 0.25) is 0 Å². The Kier molecular flexibility index (Phi) is 8.35. The predicted octanol–water partition coefficient (Wildman–Crippen LogP) is 5.44. The van der Waals surface area contributed by atoms with Crippen LogP contribution in [0.3, 0.4) is 0 Å². The summed E-state index contributed by atoms with van der Waals surface area (Å²) in [6.07, 6.45) is 7.27. The smallest absolute Gasteiger partial charge is 0.165 e. The SMILES string of the molecule is C#Cc1cccc(N(c2ccccc2)c2ncnc3cc(OCCOC)c(OCCOC)c(C)c23)c1. The standard InChI is InChI=1S/C29H29N3O4/c1-5-22-10-9-13-24(18-22)32(23-11-7-6-8-12-23)29-27-21(2)28(36-17-15-34-4)26(35-16-14-33-3)19-25(27)30-20-31-29/h1,6-13,18-20H,14-17H2,2-4H3. The van der Waals surface area contributed by atoms with Crippen molar-refractivity contribution in [3.8, 4) is 23.8 Å². The molecule has 0 aliphatic carbocycles. The zero-order valence-corrected chi connectivity index (χ0v) is 20.7. The van der Waals surface area contributed by atoms with E-state index in [1.165, 1.54) is 0 Å². The van der Waals surface area contributed by atoms with Gasteiger partial charge in [0, 0.05) is 42.8 Å². The Morgan fingerprint density at radius 1 is 0.833 bits per heavy atom. The van der Waals surface area contributed by atoms with E-state index in [0.29, 0.717) is 43.7 Å². The van der Waals surface area contributed by atoms with Gasteiger partial charge in [0.1, 0.15) is 25.4 Å². The molecule has 0 aliphatic rings. The quantitative estimate of drug-likeness (QED) is 0.208. The van der Waals surface area contributed by atoms with E-state index in [9.17, 15) is 0 Å². The maximum Gasteiger partial charge on any atom is 0.165 e. The van der Waals surface area contributed by atoms with Crippen LogP contribution in [0.15, 0.2) is 67.0 Å². The summed E-state index contributed by atoms with van der Waals surface area (Å²) in [7, 11) is 3.28. The first kappa shape index (κ1) is 25.0. The van der Waals surface area contributed by atoms with Crippen molar-refractivity contribution in [3.63, 3.8) is 0 Å². The fraction of sp³-hybridized carbons (Fsp3) is 0.241. The first-order valence-electron chi connectivity index (χ1n) is 11.6. The highest BCUT2D eigenvalue weighted by Crippen LogP contribution is 2.43. The van der Waals surface area contributed by atoms with Gasteiger partial charge in [-0.05, 0) is 37.3 Å². The number of benzene rings is 3. The van der Waals surface area contributed by atoms with Crippen LogP contribution in [0.5, 0.6) is 11.5 Å². The highest BCUT2D eigenvalue weighted by Gasteiger charge is 2.22. The molecule has 4 aromatic rings. The summed E-state index contributed by atoms with van der Waals surface area (Å²) in [5, 5.41) is 0.846. The van der Waals surface area contributed by atoms with Gasteiger partial charge in [-0.25, -0.2) is 9.97 Å². The van der Waals surface area contributed by atoms with Crippen LogP contribution < -0.4 is 14.4 Å². The van der Waals surface area contributed by atoms with E-state index in [1.54, 1.807) is 20.5 Å². The molecule has 184 valence electrons. The molecule has 3 aromatic carbocycles. The van der Waals surface area contributed by atoms with Crippen LogP contribution in [0.4, 0.5) is 17.2 Å². The van der Waals surface area contributed by atoms with Crippen LogP contribution in [0, 0.1) is 19.3 Å². The van der Waals surface area contributed by atoms with Crippen molar-refractivity contribution < 1.29 is 18.9 Å². The number of anilines is 3. The van der Waals surface area contributed by atoms with Gasteiger partial charge in [0.15, 0.2) is 11.5 Å². The van der Waals surface area contributed by atoms with E-state index in [1.807, 2.05) is 67.6 Å². The number of aromatic nitrogens is 2. The summed E-state index contributed by atoms with van der Waals surface area (Å²) >= 11 is 0. The number of aryl methyl sites for hydroxylation is 1. The largest absolute Gasteiger partial charge is 0.487 e. The number of nitrogens with zero attached hydrogens (tertiary/aromatic N) is 3. The molecule has 36 heavy (non-hydrogen) atoms. The summed E-state index contributed by atoms with van der Waals surface area (Å²) in [5.41, 5.74) is 4.20. The minimum Gasteiger partial charge on any atom is -0.487 e. The molecule has 7 nitrogen and oxygen atoms in total. The second kappa shape index (κ2) is 12.0. The summed E-state index contributed by atoms with van der Waals surface area (Å²) in [4.78, 5) is 11.4. The molecule has 0 fully saturated rings. The monoisotopic (exact) mass is 483 g/mol. The molecular formula is C29H29N3O4. The van der Waals surface area contributed by atoms with E-state index in [-0.39, 0.29) is 0 Å². The van der Waals surface area contributed by atoms with E-state index in [4.69, 9.17) is 30.4 Å². The van der Waals surface area contributed by atoms with Gasteiger partial charge in [-0.3, -0.25) is 4.90 Å². The first-order valence-corrected chi connectivity index (χ1v) is 11.6. The summed E-state index contributed by atoms with van der Waals surface area (Å²) < 4.78 is 22.5. The Morgan fingerprint density at radius 2 is 1.56 bits per heavy atom. The Hall–Kier alpha value is -4.12. The molecule has 0 radical (unpaired) electrons. The van der Waals surface area contributed by atoms with Crippen LogP contribution in [-0.4, -0.2) is 50.6 Å². The molecule has 0 saturated carbocycles. The highest BCUT2D eigenvalue weighted by molar-refractivity contribution is 5.99. The van der Waals surface area contributed by atoms with Crippen molar-refractivity contribution in [1.29, 1.82) is 0 Å². The van der Waals surface area contributed by atoms with Crippen molar-refractivity contribution in [1.82, 2.24) is 9.97 Å². The lowest BCUT2D eigenvalue weighted by atomic mass is 10.1. The molecule has 0 spiro atoms. The van der Waals surface area contributed by atoms with Crippen molar-refractivity contribution in [2.24, 2.45) is 0 Å². The highest BCUT2D eigenvalue weighted by atomic mass is 16.5. The van der Waals surface area contributed by atoms with Crippen molar-refractivity contribution >= 4 is 28.1 Å². The number of terminal acetylenes is 1. The lowest BCUT2D eigenvalue weighted by Gasteiger charge is -2.26. The topological polar surface area (TPSA) is 65.9 Å². The number of hydrogen-bond donors (Lipinski definition) is 0. The Morgan fingerprint density at radius 3 is 2.28 bits per heavy atom. The Bertz CT molecular complexity index is 1350. The number of ether oxygens (including phenoxy) is 4. The van der Waals surface area contributed by atoms with Gasteiger partial charge in [0.05, 0.1) is 24.1 Å². The number of para-hydroxylation sites is 1. The van der Waals surface area contributed by atoms with Gasteiger partial charge in [-0.2, -0.15) is 0 Å². The molecule has 1 heterocycles. The molecule has 0 N–H and O–H groups in total. The van der Waals surface area contributed by atoms with Crippen LogP contribution in [0.25, 0.3) is 10.9 Å². The molecule has 0 bridgehead atoms. The number of rotatable bonds is 11. The van der Waals surface area contributed by atoms with Gasteiger partial charge in [-0.1, -0.05) is 30.2 Å². The normalized spacial score (nSPS) is 10.7. The average Bonchev–Trinajstić information content (AvgIpc) is 2.91. The fourth-order valence-electron chi connectivity index (χ4n) is 3.97. The Labute approximate surface area is 211 Å². The summed E-state index contributed by atoms with van der Waals surface area (Å²) in [6, 6.07) is 19.7. The van der Waals surface area contributed by atoms with Gasteiger partial charge in [0.25, 0.3) is 0 Å². The number of methoxy groups -OCH3 is 2. The second-order valence-electron chi connectivity index (χ2n) is 7.97. The molecule has 0 atom stereocenters. The van der Waals surface area contributed by atoms with Crippen LogP contribution in [-0.2, 0) is 9.47 Å². The average molecular weight is 484 g/mol. The maximum absolute atomic E-state index is 6.14. The van der Waals surface area contributed by atoms with E-state index < -0.39 is 0 Å². The van der Waals surface area contributed by atoms with Crippen LogP contribution >= 0.6 is 0 Å². The second-order valence-corrected chi connectivity index (χ2v) is 7.97. The maximum atomic E-state index is 6.14. The molecule has 4 rings (SSSR count). The first-order chi connectivity index (χ1) is 17.7. The van der Waals surface area contributed by atoms with E-state index in [2.05, 4.69) is 15.8 Å². The molecule has 1 aromatic heterocycles. The minimum atomic E-state index is 0.374. The predicted molar refractivity (Wildman–Crippen MR) is 142 cm³/mol. The van der Waals surface area contributed by atoms with E-state index in [0.717, 1.165) is 33.4 Å².